The second-order valence-electron chi connectivity index (χ2n) is 4.10. The smallest absolute Gasteiger partial charge is 0.171 e. The van der Waals surface area contributed by atoms with Gasteiger partial charge in [-0.25, -0.2) is 0 Å². The number of halogens is 1. The molecule has 1 rings (SSSR count). The summed E-state index contributed by atoms with van der Waals surface area (Å²) in [7, 11) is 3.29. The third kappa shape index (κ3) is 4.39. The fourth-order valence-electron chi connectivity index (χ4n) is 1.67. The van der Waals surface area contributed by atoms with Gasteiger partial charge in [0.25, 0.3) is 0 Å². The second kappa shape index (κ2) is 7.11. The normalized spacial score (nSPS) is 13.1. The lowest BCUT2D eigenvalue weighted by atomic mass is 10.1. The van der Waals surface area contributed by atoms with Crippen molar-refractivity contribution in [1.82, 2.24) is 5.32 Å². The van der Waals surface area contributed by atoms with Crippen LogP contribution in [0.2, 0.25) is 0 Å². The van der Waals surface area contributed by atoms with Crippen LogP contribution in [0.4, 0.5) is 0 Å². The van der Waals surface area contributed by atoms with Crippen LogP contribution in [0.3, 0.4) is 0 Å². The minimum atomic E-state index is -0.223. The van der Waals surface area contributed by atoms with E-state index in [1.54, 1.807) is 14.2 Å². The Kier molecular flexibility index (Phi) is 6.12. The Balaban J connectivity index is 2.55. The summed E-state index contributed by atoms with van der Waals surface area (Å²) < 4.78 is 11.5. The zero-order chi connectivity index (χ0) is 12.8. The van der Waals surface area contributed by atoms with Crippen molar-refractivity contribution in [1.29, 1.82) is 0 Å². The molecular weight excluding hydrogens is 282 g/mol. The first-order valence-electron chi connectivity index (χ1n) is 5.62. The number of hydrogen-bond donors (Lipinski definition) is 1. The molecule has 0 saturated heterocycles. The first kappa shape index (κ1) is 14.6. The first-order chi connectivity index (χ1) is 8.08. The number of rotatable bonds is 6. The lowest BCUT2D eigenvalue weighted by Gasteiger charge is -2.22. The van der Waals surface area contributed by atoms with Crippen LogP contribution in [0.15, 0.2) is 22.7 Å². The zero-order valence-electron chi connectivity index (χ0n) is 10.8. The van der Waals surface area contributed by atoms with Crippen LogP contribution in [-0.4, -0.2) is 26.6 Å². The second-order valence-corrected chi connectivity index (χ2v) is 4.96. The fraction of sp³-hybridized carbons (Fsp3) is 0.538. The lowest BCUT2D eigenvalue weighted by Crippen LogP contribution is -2.39. The molecule has 0 radical (unpaired) electrons. The van der Waals surface area contributed by atoms with E-state index in [1.165, 1.54) is 11.1 Å². The van der Waals surface area contributed by atoms with Crippen LogP contribution in [0.25, 0.3) is 0 Å². The van der Waals surface area contributed by atoms with E-state index in [0.717, 1.165) is 11.0 Å². The molecule has 0 heterocycles. The van der Waals surface area contributed by atoms with Crippen LogP contribution in [0.1, 0.15) is 18.1 Å². The van der Waals surface area contributed by atoms with Crippen molar-refractivity contribution in [3.63, 3.8) is 0 Å². The van der Waals surface area contributed by atoms with Gasteiger partial charge >= 0.3 is 0 Å². The van der Waals surface area contributed by atoms with Crippen molar-refractivity contribution in [3.8, 4) is 0 Å². The molecule has 0 aliphatic heterocycles. The maximum atomic E-state index is 5.20. The molecule has 1 N–H and O–H groups in total. The van der Waals surface area contributed by atoms with E-state index in [9.17, 15) is 0 Å². The molecule has 0 bridgehead atoms. The van der Waals surface area contributed by atoms with Crippen LogP contribution < -0.4 is 5.32 Å². The number of ether oxygens (including phenoxy) is 2. The Hall–Kier alpha value is -0.420. The standard InChI is InChI=1S/C13H20BrNO2/c1-9-5-6-11(12(14)7-9)8-15-10(2)13(16-3)17-4/h5-7,10,13,15H,8H2,1-4H3. The Morgan fingerprint density at radius 1 is 1.29 bits per heavy atom. The first-order valence-corrected chi connectivity index (χ1v) is 6.41. The molecule has 0 aromatic heterocycles. The highest BCUT2D eigenvalue weighted by molar-refractivity contribution is 9.10. The third-order valence-electron chi connectivity index (χ3n) is 2.70. The van der Waals surface area contributed by atoms with Gasteiger partial charge in [-0.15, -0.1) is 0 Å². The van der Waals surface area contributed by atoms with Gasteiger partial charge in [-0.05, 0) is 31.0 Å². The highest BCUT2D eigenvalue weighted by atomic mass is 79.9. The van der Waals surface area contributed by atoms with Crippen LogP contribution in [-0.2, 0) is 16.0 Å². The number of hydrogen-bond acceptors (Lipinski definition) is 3. The van der Waals surface area contributed by atoms with Crippen molar-refractivity contribution >= 4 is 15.9 Å². The van der Waals surface area contributed by atoms with E-state index < -0.39 is 0 Å². The van der Waals surface area contributed by atoms with Crippen molar-refractivity contribution < 1.29 is 9.47 Å². The van der Waals surface area contributed by atoms with E-state index >= 15 is 0 Å². The van der Waals surface area contributed by atoms with E-state index in [1.807, 2.05) is 6.92 Å². The number of benzene rings is 1. The van der Waals surface area contributed by atoms with E-state index in [-0.39, 0.29) is 12.3 Å². The Morgan fingerprint density at radius 3 is 2.47 bits per heavy atom. The van der Waals surface area contributed by atoms with E-state index in [0.29, 0.717) is 0 Å². The number of methoxy groups -OCH3 is 2. The summed E-state index contributed by atoms with van der Waals surface area (Å²) in [5.74, 6) is 0. The summed E-state index contributed by atoms with van der Waals surface area (Å²) in [5, 5.41) is 3.38. The molecule has 96 valence electrons. The molecule has 0 spiro atoms. The molecule has 1 atom stereocenters. The van der Waals surface area contributed by atoms with Gasteiger partial charge in [0.1, 0.15) is 0 Å². The minimum absolute atomic E-state index is 0.137. The SMILES string of the molecule is COC(OC)C(C)NCc1ccc(C)cc1Br. The van der Waals surface area contributed by atoms with Crippen molar-refractivity contribution in [2.45, 2.75) is 32.7 Å². The molecule has 3 nitrogen and oxygen atoms in total. The van der Waals surface area contributed by atoms with Gasteiger partial charge in [-0.1, -0.05) is 28.1 Å². The summed E-state index contributed by atoms with van der Waals surface area (Å²) in [6.07, 6.45) is -0.223. The monoisotopic (exact) mass is 301 g/mol. The van der Waals surface area contributed by atoms with Gasteiger partial charge in [0.15, 0.2) is 6.29 Å². The summed E-state index contributed by atoms with van der Waals surface area (Å²) in [6.45, 7) is 4.90. The molecule has 0 fully saturated rings. The topological polar surface area (TPSA) is 30.5 Å². The molecule has 0 aliphatic rings. The molecular formula is C13H20BrNO2. The molecule has 0 aliphatic carbocycles. The largest absolute Gasteiger partial charge is 0.354 e. The fourth-order valence-corrected chi connectivity index (χ4v) is 2.30. The molecule has 0 saturated carbocycles. The maximum absolute atomic E-state index is 5.20. The molecule has 17 heavy (non-hydrogen) atoms. The summed E-state index contributed by atoms with van der Waals surface area (Å²) >= 11 is 3.57. The Bertz CT molecular complexity index is 353. The Morgan fingerprint density at radius 2 is 1.94 bits per heavy atom. The van der Waals surface area contributed by atoms with Crippen molar-refractivity contribution in [2.75, 3.05) is 14.2 Å². The quantitative estimate of drug-likeness (QED) is 0.820. The van der Waals surface area contributed by atoms with Gasteiger partial charge in [-0.2, -0.15) is 0 Å². The Labute approximate surface area is 112 Å². The van der Waals surface area contributed by atoms with E-state index in [2.05, 4.69) is 46.4 Å². The van der Waals surface area contributed by atoms with Crippen LogP contribution >= 0.6 is 15.9 Å². The van der Waals surface area contributed by atoms with Crippen molar-refractivity contribution in [2.24, 2.45) is 0 Å². The van der Waals surface area contributed by atoms with E-state index in [4.69, 9.17) is 9.47 Å². The van der Waals surface area contributed by atoms with Gasteiger partial charge in [0.05, 0.1) is 6.04 Å². The molecule has 4 heteroatoms. The van der Waals surface area contributed by atoms with Gasteiger partial charge in [-0.3, -0.25) is 0 Å². The molecule has 0 amide bonds. The predicted molar refractivity (Wildman–Crippen MR) is 73.0 cm³/mol. The average molecular weight is 302 g/mol. The average Bonchev–Trinajstić information content (AvgIpc) is 2.29. The highest BCUT2D eigenvalue weighted by Crippen LogP contribution is 2.18. The van der Waals surface area contributed by atoms with Gasteiger partial charge in [0, 0.05) is 25.2 Å². The summed E-state index contributed by atoms with van der Waals surface area (Å²) in [4.78, 5) is 0. The lowest BCUT2D eigenvalue weighted by molar-refractivity contribution is -0.119. The molecule has 1 aromatic carbocycles. The van der Waals surface area contributed by atoms with Gasteiger partial charge < -0.3 is 14.8 Å². The van der Waals surface area contributed by atoms with Crippen LogP contribution in [0.5, 0.6) is 0 Å². The summed E-state index contributed by atoms with van der Waals surface area (Å²) in [5.41, 5.74) is 2.48. The van der Waals surface area contributed by atoms with Crippen molar-refractivity contribution in [3.05, 3.63) is 33.8 Å². The third-order valence-corrected chi connectivity index (χ3v) is 3.43. The van der Waals surface area contributed by atoms with Gasteiger partial charge in [0.2, 0.25) is 0 Å². The van der Waals surface area contributed by atoms with Crippen LogP contribution in [0, 0.1) is 6.92 Å². The molecule has 1 unspecified atom stereocenters. The zero-order valence-corrected chi connectivity index (χ0v) is 12.4. The highest BCUT2D eigenvalue weighted by Gasteiger charge is 2.15. The number of nitrogens with one attached hydrogen (secondary N) is 1. The predicted octanol–water partition coefficient (Wildman–Crippen LogP) is 2.85. The summed E-state index contributed by atoms with van der Waals surface area (Å²) in [6, 6.07) is 6.48. The number of aryl methyl sites for hydroxylation is 1. The minimum Gasteiger partial charge on any atom is -0.354 e. The molecule has 1 aromatic rings. The maximum Gasteiger partial charge on any atom is 0.171 e.